The number of imidazole rings is 1. The summed E-state index contributed by atoms with van der Waals surface area (Å²) in [6.45, 7) is 4.31. The molecule has 8 nitrogen and oxygen atoms in total. The number of rotatable bonds is 7. The number of fused-ring (bicyclic) bond motifs is 1. The van der Waals surface area contributed by atoms with Crippen LogP contribution < -0.4 is 10.1 Å². The van der Waals surface area contributed by atoms with Gasteiger partial charge in [0.05, 0.1) is 17.4 Å². The molecule has 1 atom stereocenters. The standard InChI is InChI=1S/C26H24N6O2/c1-18-6-11-25-30-22(14-31(25)13-18)15-34-24-5-3-4-21(12-24)26(33)29-19(2)20-7-9-23(10-8-20)32-17-27-16-28-32/h3-14,16-17,19H,15H2,1-2H3,(H,29,33)/t19-/m1/s1. The molecule has 5 aromatic rings. The van der Waals surface area contributed by atoms with Crippen LogP contribution in [-0.2, 0) is 6.61 Å². The molecule has 2 aromatic carbocycles. The van der Waals surface area contributed by atoms with Gasteiger partial charge in [-0.3, -0.25) is 4.79 Å². The number of pyridine rings is 1. The first-order valence-corrected chi connectivity index (χ1v) is 11.0. The summed E-state index contributed by atoms with van der Waals surface area (Å²) in [7, 11) is 0. The van der Waals surface area contributed by atoms with Gasteiger partial charge >= 0.3 is 0 Å². The van der Waals surface area contributed by atoms with Gasteiger partial charge in [-0.1, -0.05) is 24.3 Å². The van der Waals surface area contributed by atoms with Crippen molar-refractivity contribution >= 4 is 11.6 Å². The summed E-state index contributed by atoms with van der Waals surface area (Å²) in [5.41, 5.74) is 5.30. The normalized spacial score (nSPS) is 11.9. The van der Waals surface area contributed by atoms with Crippen LogP contribution in [0.15, 0.2) is 85.7 Å². The summed E-state index contributed by atoms with van der Waals surface area (Å²) >= 11 is 0. The largest absolute Gasteiger partial charge is 0.487 e. The molecule has 3 aromatic heterocycles. The third-order valence-electron chi connectivity index (χ3n) is 5.56. The number of carbonyl (C=O) groups is 1. The summed E-state index contributed by atoms with van der Waals surface area (Å²) in [6, 6.07) is 18.8. The second-order valence-electron chi connectivity index (χ2n) is 8.15. The Hall–Kier alpha value is -4.46. The van der Waals surface area contributed by atoms with Gasteiger partial charge in [0, 0.05) is 18.0 Å². The molecule has 170 valence electrons. The Kier molecular flexibility index (Phi) is 5.78. The summed E-state index contributed by atoms with van der Waals surface area (Å²) in [5.74, 6) is 0.451. The molecule has 5 rings (SSSR count). The first-order valence-electron chi connectivity index (χ1n) is 11.0. The second kappa shape index (κ2) is 9.19. The number of nitrogens with zero attached hydrogens (tertiary/aromatic N) is 5. The first-order chi connectivity index (χ1) is 16.5. The van der Waals surface area contributed by atoms with Crippen LogP contribution >= 0.6 is 0 Å². The van der Waals surface area contributed by atoms with Crippen LogP contribution in [-0.4, -0.2) is 30.1 Å². The molecule has 34 heavy (non-hydrogen) atoms. The fraction of sp³-hybridized carbons (Fsp3) is 0.154. The van der Waals surface area contributed by atoms with Gasteiger partial charge in [0.25, 0.3) is 5.91 Å². The molecule has 3 heterocycles. The van der Waals surface area contributed by atoms with Gasteiger partial charge in [-0.2, -0.15) is 5.10 Å². The smallest absolute Gasteiger partial charge is 0.251 e. The van der Waals surface area contributed by atoms with E-state index < -0.39 is 0 Å². The number of aromatic nitrogens is 5. The van der Waals surface area contributed by atoms with E-state index in [1.54, 1.807) is 23.1 Å². The topological polar surface area (TPSA) is 86.3 Å². The molecule has 0 aliphatic heterocycles. The lowest BCUT2D eigenvalue weighted by molar-refractivity contribution is 0.0939. The number of ether oxygens (including phenoxy) is 1. The van der Waals surface area contributed by atoms with E-state index in [1.807, 2.05) is 79.2 Å². The zero-order valence-electron chi connectivity index (χ0n) is 18.9. The fourth-order valence-corrected chi connectivity index (χ4v) is 3.73. The van der Waals surface area contributed by atoms with Gasteiger partial charge in [-0.05, 0) is 61.4 Å². The predicted molar refractivity (Wildman–Crippen MR) is 128 cm³/mol. The van der Waals surface area contributed by atoms with E-state index in [2.05, 4.69) is 20.4 Å². The van der Waals surface area contributed by atoms with Crippen LogP contribution in [0.5, 0.6) is 5.75 Å². The van der Waals surface area contributed by atoms with E-state index in [0.29, 0.717) is 17.9 Å². The van der Waals surface area contributed by atoms with Crippen molar-refractivity contribution in [2.24, 2.45) is 0 Å². The van der Waals surface area contributed by atoms with Crippen LogP contribution in [0.4, 0.5) is 0 Å². The van der Waals surface area contributed by atoms with E-state index in [1.165, 1.54) is 6.33 Å². The van der Waals surface area contributed by atoms with E-state index in [4.69, 9.17) is 4.74 Å². The maximum atomic E-state index is 12.9. The lowest BCUT2D eigenvalue weighted by atomic mass is 10.1. The zero-order chi connectivity index (χ0) is 23.5. The zero-order valence-corrected chi connectivity index (χ0v) is 18.9. The molecule has 0 bridgehead atoms. The lowest BCUT2D eigenvalue weighted by Gasteiger charge is -2.15. The molecule has 1 amide bonds. The number of hydrogen-bond acceptors (Lipinski definition) is 5. The average molecular weight is 453 g/mol. The Bertz CT molecular complexity index is 1420. The third kappa shape index (κ3) is 4.66. The van der Waals surface area contributed by atoms with Crippen molar-refractivity contribution < 1.29 is 9.53 Å². The molecule has 0 spiro atoms. The van der Waals surface area contributed by atoms with Crippen LogP contribution in [0.2, 0.25) is 0 Å². The van der Waals surface area contributed by atoms with Gasteiger partial charge in [0.2, 0.25) is 0 Å². The predicted octanol–water partition coefficient (Wildman–Crippen LogP) is 4.29. The minimum Gasteiger partial charge on any atom is -0.487 e. The number of amides is 1. The Balaban J connectivity index is 1.22. The Morgan fingerprint density at radius 2 is 1.94 bits per heavy atom. The maximum Gasteiger partial charge on any atom is 0.251 e. The quantitative estimate of drug-likeness (QED) is 0.398. The number of hydrogen-bond donors (Lipinski definition) is 1. The van der Waals surface area contributed by atoms with Crippen molar-refractivity contribution in [3.63, 3.8) is 0 Å². The molecule has 0 saturated heterocycles. The lowest BCUT2D eigenvalue weighted by Crippen LogP contribution is -2.26. The summed E-state index contributed by atoms with van der Waals surface area (Å²) in [4.78, 5) is 21.4. The molecule has 1 N–H and O–H groups in total. The van der Waals surface area contributed by atoms with E-state index in [9.17, 15) is 4.79 Å². The SMILES string of the molecule is Cc1ccc2nc(COc3cccc(C(=O)N[C@H](C)c4ccc(-n5cncn5)cc4)c3)cn2c1. The van der Waals surface area contributed by atoms with Crippen LogP contribution in [0, 0.1) is 6.92 Å². The van der Waals surface area contributed by atoms with E-state index >= 15 is 0 Å². The highest BCUT2D eigenvalue weighted by Crippen LogP contribution is 2.19. The van der Waals surface area contributed by atoms with Gasteiger partial charge in [0.15, 0.2) is 0 Å². The molecular weight excluding hydrogens is 428 g/mol. The summed E-state index contributed by atoms with van der Waals surface area (Å²) in [5, 5.41) is 7.17. The van der Waals surface area contributed by atoms with Gasteiger partial charge in [-0.15, -0.1) is 0 Å². The van der Waals surface area contributed by atoms with Gasteiger partial charge in [-0.25, -0.2) is 14.6 Å². The first kappa shape index (κ1) is 21.4. The third-order valence-corrected chi connectivity index (χ3v) is 5.56. The van der Waals surface area contributed by atoms with Crippen molar-refractivity contribution in [3.05, 3.63) is 108 Å². The maximum absolute atomic E-state index is 12.9. The molecular formula is C26H24N6O2. The molecule has 0 saturated carbocycles. The number of aryl methyl sites for hydroxylation is 1. The van der Waals surface area contributed by atoms with Crippen molar-refractivity contribution in [3.8, 4) is 11.4 Å². The van der Waals surface area contributed by atoms with Gasteiger partial charge < -0.3 is 14.5 Å². The van der Waals surface area contributed by atoms with Crippen LogP contribution in [0.3, 0.4) is 0 Å². The van der Waals surface area contributed by atoms with Crippen molar-refractivity contribution in [1.29, 1.82) is 0 Å². The van der Waals surface area contributed by atoms with Gasteiger partial charge in [0.1, 0.15) is 30.7 Å². The minimum atomic E-state index is -0.165. The highest BCUT2D eigenvalue weighted by atomic mass is 16.5. The molecule has 8 heteroatoms. The van der Waals surface area contributed by atoms with Crippen molar-refractivity contribution in [1.82, 2.24) is 29.5 Å². The monoisotopic (exact) mass is 452 g/mol. The summed E-state index contributed by atoms with van der Waals surface area (Å²) < 4.78 is 9.58. The number of benzene rings is 2. The van der Waals surface area contributed by atoms with Crippen molar-refractivity contribution in [2.45, 2.75) is 26.5 Å². The Morgan fingerprint density at radius 3 is 2.74 bits per heavy atom. The summed E-state index contributed by atoms with van der Waals surface area (Å²) in [6.07, 6.45) is 7.12. The second-order valence-corrected chi connectivity index (χ2v) is 8.15. The molecule has 0 aliphatic rings. The van der Waals surface area contributed by atoms with E-state index in [0.717, 1.165) is 28.2 Å². The highest BCUT2D eigenvalue weighted by Gasteiger charge is 2.13. The minimum absolute atomic E-state index is 0.164. The number of carbonyl (C=O) groups excluding carboxylic acids is 1. The fourth-order valence-electron chi connectivity index (χ4n) is 3.73. The Morgan fingerprint density at radius 1 is 1.09 bits per heavy atom. The van der Waals surface area contributed by atoms with Crippen LogP contribution in [0.25, 0.3) is 11.3 Å². The number of nitrogens with one attached hydrogen (secondary N) is 1. The Labute approximate surface area is 196 Å². The van der Waals surface area contributed by atoms with Crippen LogP contribution in [0.1, 0.15) is 40.1 Å². The van der Waals surface area contributed by atoms with Crippen molar-refractivity contribution in [2.75, 3.05) is 0 Å². The molecule has 0 radical (unpaired) electrons. The average Bonchev–Trinajstić information content (AvgIpc) is 3.53. The molecule has 0 fully saturated rings. The van der Waals surface area contributed by atoms with E-state index in [-0.39, 0.29) is 11.9 Å². The molecule has 0 unspecified atom stereocenters. The highest BCUT2D eigenvalue weighted by molar-refractivity contribution is 5.94. The molecule has 0 aliphatic carbocycles.